The van der Waals surface area contributed by atoms with E-state index < -0.39 is 5.60 Å². The van der Waals surface area contributed by atoms with Crippen LogP contribution in [0.25, 0.3) is 85.7 Å². The maximum Gasteiger partial charge on any atom is 0.164 e. The molecule has 7 aromatic carbocycles. The van der Waals surface area contributed by atoms with Crippen LogP contribution in [0.1, 0.15) is 29.5 Å². The zero-order valence-corrected chi connectivity index (χ0v) is 36.5. The van der Waals surface area contributed by atoms with Gasteiger partial charge in [-0.15, -0.1) is 22.7 Å². The first-order valence-corrected chi connectivity index (χ1v) is 23.5. The summed E-state index contributed by atoms with van der Waals surface area (Å²) in [6, 6.07) is 60.4. The van der Waals surface area contributed by atoms with Crippen molar-refractivity contribution in [2.24, 2.45) is 5.92 Å². The van der Waals surface area contributed by atoms with Crippen molar-refractivity contribution in [1.82, 2.24) is 15.0 Å². The third-order valence-electron chi connectivity index (χ3n) is 13.4. The molecule has 2 unspecified atom stereocenters. The van der Waals surface area contributed by atoms with Crippen LogP contribution in [0.5, 0.6) is 0 Å². The van der Waals surface area contributed by atoms with Crippen molar-refractivity contribution < 1.29 is 4.74 Å². The van der Waals surface area contributed by atoms with E-state index in [0.29, 0.717) is 17.5 Å². The Morgan fingerprint density at radius 3 is 1.78 bits per heavy atom. The van der Waals surface area contributed by atoms with Gasteiger partial charge in [-0.25, -0.2) is 15.0 Å². The second kappa shape index (κ2) is 14.7. The lowest BCUT2D eigenvalue weighted by Crippen LogP contribution is -2.36. The van der Waals surface area contributed by atoms with Gasteiger partial charge in [-0.2, -0.15) is 0 Å². The summed E-state index contributed by atoms with van der Waals surface area (Å²) in [6.45, 7) is 2.34. The largest absolute Gasteiger partial charge is 0.362 e. The first-order chi connectivity index (χ1) is 31.6. The predicted octanol–water partition coefficient (Wildman–Crippen LogP) is 15.1. The van der Waals surface area contributed by atoms with Crippen LogP contribution in [0.2, 0.25) is 0 Å². The molecule has 1 fully saturated rings. The third kappa shape index (κ3) is 5.94. The lowest BCUT2D eigenvalue weighted by Gasteiger charge is -2.38. The van der Waals surface area contributed by atoms with Gasteiger partial charge in [-0.3, -0.25) is 0 Å². The van der Waals surface area contributed by atoms with Crippen molar-refractivity contribution in [3.8, 4) is 34.2 Å². The molecule has 10 aromatic rings. The number of hydrogen-bond donors (Lipinski definition) is 0. The quantitative estimate of drug-likeness (QED) is 0.167. The number of rotatable bonds is 6. The molecule has 13 rings (SSSR count). The number of nitrogens with zero attached hydrogens (tertiary/aromatic N) is 3. The molecule has 0 spiro atoms. The van der Waals surface area contributed by atoms with Crippen LogP contribution >= 0.6 is 22.7 Å². The lowest BCUT2D eigenvalue weighted by molar-refractivity contribution is -0.00761. The molecule has 0 saturated carbocycles. The van der Waals surface area contributed by atoms with Crippen molar-refractivity contribution in [3.05, 3.63) is 223 Å². The second-order valence-electron chi connectivity index (χ2n) is 17.1. The second-order valence-corrected chi connectivity index (χ2v) is 19.2. The highest BCUT2D eigenvalue weighted by Crippen LogP contribution is 2.59. The molecule has 6 heteroatoms. The molecule has 0 radical (unpaired) electrons. The smallest absolute Gasteiger partial charge is 0.164 e. The van der Waals surface area contributed by atoms with Gasteiger partial charge in [0.25, 0.3) is 0 Å². The molecule has 304 valence electrons. The maximum atomic E-state index is 7.50. The van der Waals surface area contributed by atoms with Gasteiger partial charge in [0.2, 0.25) is 0 Å². The van der Waals surface area contributed by atoms with E-state index in [0.717, 1.165) is 22.3 Å². The average molecular weight is 858 g/mol. The Kier molecular flexibility index (Phi) is 8.63. The Labute approximate surface area is 378 Å². The van der Waals surface area contributed by atoms with E-state index in [1.165, 1.54) is 68.2 Å². The monoisotopic (exact) mass is 857 g/mol. The third-order valence-corrected chi connectivity index (χ3v) is 15.9. The summed E-state index contributed by atoms with van der Waals surface area (Å²) in [5.74, 6) is 1.87. The highest BCUT2D eigenvalue weighted by atomic mass is 32.1. The van der Waals surface area contributed by atoms with Crippen molar-refractivity contribution in [3.63, 3.8) is 0 Å². The fraction of sp³-hybridized carbons (Fsp3) is 0.0862. The van der Waals surface area contributed by atoms with Crippen molar-refractivity contribution >= 4 is 74.2 Å². The molecule has 1 saturated heterocycles. The number of fused-ring (bicyclic) bond motifs is 9. The molecule has 1 aliphatic heterocycles. The standard InChI is InChI=1S/C58H39N3OS2/c1-58-47(46-28-14-27-45-43-23-9-11-31-51(43)64-54(45)46)33-39(41-25-13-26-44-42-22-8-10-30-50(42)63-53(41)44)34-48(58)52-40(24-15-29-49(52)62-58)37-20-12-21-38(32-37)57-60-55(35-16-4-2-5-17-35)59-56(61-57)36-18-6-3-7-19-36/h2-34,47,49,52H,1H3/t47?,49-,52?,58-/m1/s1. The van der Waals surface area contributed by atoms with E-state index in [-0.39, 0.29) is 17.9 Å². The molecule has 3 aromatic heterocycles. The van der Waals surface area contributed by atoms with Crippen molar-refractivity contribution in [2.45, 2.75) is 24.5 Å². The fourth-order valence-corrected chi connectivity index (χ4v) is 12.9. The first kappa shape index (κ1) is 37.5. The van der Waals surface area contributed by atoms with E-state index in [9.17, 15) is 0 Å². The summed E-state index contributed by atoms with van der Waals surface area (Å²) >= 11 is 3.78. The van der Waals surface area contributed by atoms with E-state index in [4.69, 9.17) is 19.7 Å². The number of allylic oxidation sites excluding steroid dienone is 4. The summed E-state index contributed by atoms with van der Waals surface area (Å²) in [5, 5.41) is 5.22. The minimum Gasteiger partial charge on any atom is -0.362 e. The van der Waals surface area contributed by atoms with Gasteiger partial charge in [0.05, 0.1) is 11.7 Å². The molecular formula is C58H39N3OS2. The molecule has 0 amide bonds. The van der Waals surface area contributed by atoms with E-state index in [1.807, 2.05) is 59.1 Å². The molecule has 4 heterocycles. The summed E-state index contributed by atoms with van der Waals surface area (Å²) in [6.07, 6.45) is 11.6. The van der Waals surface area contributed by atoms with E-state index >= 15 is 0 Å². The highest BCUT2D eigenvalue weighted by Gasteiger charge is 2.54. The minimum absolute atomic E-state index is 0.0159. The van der Waals surface area contributed by atoms with Crippen molar-refractivity contribution in [2.75, 3.05) is 0 Å². The minimum atomic E-state index is -0.619. The summed E-state index contributed by atoms with van der Waals surface area (Å²) in [5.41, 5.74) is 9.68. The van der Waals surface area contributed by atoms with Crippen LogP contribution in [0.3, 0.4) is 0 Å². The molecule has 4 atom stereocenters. The molecule has 4 nitrogen and oxygen atoms in total. The Bertz CT molecular complexity index is 3580. The van der Waals surface area contributed by atoms with Gasteiger partial charge in [0.1, 0.15) is 0 Å². The zero-order chi connectivity index (χ0) is 42.4. The van der Waals surface area contributed by atoms with Gasteiger partial charge >= 0.3 is 0 Å². The summed E-state index contributed by atoms with van der Waals surface area (Å²) < 4.78 is 12.8. The van der Waals surface area contributed by atoms with Crippen LogP contribution < -0.4 is 0 Å². The number of aromatic nitrogens is 3. The average Bonchev–Trinajstić information content (AvgIpc) is 4.03. The van der Waals surface area contributed by atoms with Crippen LogP contribution in [0.4, 0.5) is 0 Å². The van der Waals surface area contributed by atoms with Crippen LogP contribution in [-0.2, 0) is 4.74 Å². The summed E-state index contributed by atoms with van der Waals surface area (Å²) in [4.78, 5) is 15.2. The fourth-order valence-electron chi connectivity index (χ4n) is 10.4. The Hall–Kier alpha value is -7.09. The molecule has 3 aliphatic rings. The summed E-state index contributed by atoms with van der Waals surface area (Å²) in [7, 11) is 0. The van der Waals surface area contributed by atoms with Gasteiger partial charge in [-0.1, -0.05) is 182 Å². The number of ether oxygens (including phenoxy) is 1. The van der Waals surface area contributed by atoms with Gasteiger partial charge in [0, 0.05) is 68.9 Å². The van der Waals surface area contributed by atoms with Crippen LogP contribution in [0, 0.1) is 5.92 Å². The number of benzene rings is 7. The predicted molar refractivity (Wildman–Crippen MR) is 267 cm³/mol. The molecule has 2 aliphatic carbocycles. The topological polar surface area (TPSA) is 47.9 Å². The van der Waals surface area contributed by atoms with E-state index in [2.05, 4.69) is 171 Å². The molecule has 64 heavy (non-hydrogen) atoms. The van der Waals surface area contributed by atoms with Gasteiger partial charge in [-0.05, 0) is 58.5 Å². The highest BCUT2D eigenvalue weighted by molar-refractivity contribution is 7.26. The number of thiophene rings is 2. The van der Waals surface area contributed by atoms with E-state index in [1.54, 1.807) is 0 Å². The Morgan fingerprint density at radius 1 is 0.531 bits per heavy atom. The Morgan fingerprint density at radius 2 is 1.08 bits per heavy atom. The van der Waals surface area contributed by atoms with Crippen molar-refractivity contribution in [1.29, 1.82) is 0 Å². The van der Waals surface area contributed by atoms with Crippen LogP contribution in [0.15, 0.2) is 206 Å². The van der Waals surface area contributed by atoms with Gasteiger partial charge < -0.3 is 4.74 Å². The van der Waals surface area contributed by atoms with Crippen LogP contribution in [-0.4, -0.2) is 26.7 Å². The number of hydrogen-bond acceptors (Lipinski definition) is 6. The zero-order valence-electron chi connectivity index (χ0n) is 34.9. The molecule has 0 N–H and O–H groups in total. The normalized spacial score (nSPS) is 20.3. The maximum absolute atomic E-state index is 7.50. The first-order valence-electron chi connectivity index (χ1n) is 21.9. The SMILES string of the molecule is C[C@]12O[C@@H]3C=CC=C(c4cccc(-c5nc(-c6ccccc6)nc(-c6ccccc6)n5)c4)C3C1=CC(c1cccc3c1sc1ccccc13)=CC2c1cccc2c1sc1ccccc12. The molecule has 0 bridgehead atoms. The lowest BCUT2D eigenvalue weighted by atomic mass is 9.67. The van der Waals surface area contributed by atoms with Gasteiger partial charge in [0.15, 0.2) is 17.5 Å². The molecular weight excluding hydrogens is 819 g/mol. The Balaban J connectivity index is 0.975.